The summed E-state index contributed by atoms with van der Waals surface area (Å²) in [5.74, 6) is 0.0789. The molecule has 0 aliphatic rings. The lowest BCUT2D eigenvalue weighted by atomic mass is 9.98. The standard InChI is InChI=1S/C23H32O3S/c1-2-3-5-15-22-16-8-9-17-23(22)18-10-19-26-27(24,25)20-11-14-21-12-6-4-7-13-21/h4,6-9,12-13,16-17H,2-3,5,10-11,14-15,18-20H2,1H3. The Kier molecular flexibility index (Phi) is 9.57. The lowest BCUT2D eigenvalue weighted by Crippen LogP contribution is -2.12. The first kappa shape index (κ1) is 21.6. The van der Waals surface area contributed by atoms with E-state index in [0.717, 1.165) is 31.2 Å². The summed E-state index contributed by atoms with van der Waals surface area (Å²) in [4.78, 5) is 0. The van der Waals surface area contributed by atoms with Gasteiger partial charge in [-0.05, 0) is 55.2 Å². The molecule has 2 aromatic rings. The van der Waals surface area contributed by atoms with E-state index >= 15 is 0 Å². The summed E-state index contributed by atoms with van der Waals surface area (Å²) < 4.78 is 29.3. The Labute approximate surface area is 164 Å². The van der Waals surface area contributed by atoms with Gasteiger partial charge in [-0.1, -0.05) is 74.4 Å². The second kappa shape index (κ2) is 11.9. The Morgan fingerprint density at radius 1 is 0.741 bits per heavy atom. The van der Waals surface area contributed by atoms with Gasteiger partial charge < -0.3 is 0 Å². The molecule has 0 saturated carbocycles. The van der Waals surface area contributed by atoms with Crippen LogP contribution in [-0.4, -0.2) is 20.8 Å². The van der Waals surface area contributed by atoms with E-state index in [0.29, 0.717) is 6.42 Å². The summed E-state index contributed by atoms with van der Waals surface area (Å²) in [6.07, 6.45) is 7.71. The predicted octanol–water partition coefficient (Wildman–Crippen LogP) is 5.33. The first-order chi connectivity index (χ1) is 13.1. The molecule has 27 heavy (non-hydrogen) atoms. The van der Waals surface area contributed by atoms with Gasteiger partial charge in [-0.25, -0.2) is 0 Å². The molecule has 0 aliphatic carbocycles. The molecular weight excluding hydrogens is 356 g/mol. The summed E-state index contributed by atoms with van der Waals surface area (Å²) in [7, 11) is -3.43. The topological polar surface area (TPSA) is 43.4 Å². The zero-order chi connectivity index (χ0) is 19.4. The number of benzene rings is 2. The highest BCUT2D eigenvalue weighted by Crippen LogP contribution is 2.15. The average Bonchev–Trinajstić information content (AvgIpc) is 2.67. The van der Waals surface area contributed by atoms with E-state index in [1.165, 1.54) is 30.4 Å². The predicted molar refractivity (Wildman–Crippen MR) is 112 cm³/mol. The van der Waals surface area contributed by atoms with Crippen molar-refractivity contribution in [3.05, 3.63) is 71.3 Å². The molecule has 148 valence electrons. The lowest BCUT2D eigenvalue weighted by Gasteiger charge is -2.10. The van der Waals surface area contributed by atoms with E-state index in [9.17, 15) is 8.42 Å². The maximum atomic E-state index is 12.1. The molecule has 0 N–H and O–H groups in total. The van der Waals surface area contributed by atoms with Crippen molar-refractivity contribution in [3.63, 3.8) is 0 Å². The van der Waals surface area contributed by atoms with Crippen LogP contribution in [0.25, 0.3) is 0 Å². The number of hydrogen-bond acceptors (Lipinski definition) is 3. The summed E-state index contributed by atoms with van der Waals surface area (Å²) >= 11 is 0. The molecule has 0 radical (unpaired) electrons. The van der Waals surface area contributed by atoms with Crippen molar-refractivity contribution in [1.82, 2.24) is 0 Å². The van der Waals surface area contributed by atoms with E-state index < -0.39 is 10.1 Å². The van der Waals surface area contributed by atoms with Gasteiger partial charge in [0.05, 0.1) is 12.4 Å². The van der Waals surface area contributed by atoms with E-state index in [1.54, 1.807) is 0 Å². The normalized spacial score (nSPS) is 11.6. The molecule has 0 heterocycles. The molecule has 0 saturated heterocycles. The van der Waals surface area contributed by atoms with Gasteiger partial charge in [-0.2, -0.15) is 8.42 Å². The molecule has 0 atom stereocenters. The van der Waals surface area contributed by atoms with Crippen molar-refractivity contribution < 1.29 is 12.6 Å². The van der Waals surface area contributed by atoms with E-state index in [4.69, 9.17) is 4.18 Å². The third-order valence-electron chi connectivity index (χ3n) is 4.72. The number of unbranched alkanes of at least 4 members (excludes halogenated alkanes) is 2. The van der Waals surface area contributed by atoms with Crippen LogP contribution in [0.5, 0.6) is 0 Å². The first-order valence-electron chi connectivity index (χ1n) is 10.1. The monoisotopic (exact) mass is 388 g/mol. The van der Waals surface area contributed by atoms with Crippen molar-refractivity contribution in [2.45, 2.75) is 58.3 Å². The van der Waals surface area contributed by atoms with Gasteiger partial charge >= 0.3 is 0 Å². The lowest BCUT2D eigenvalue weighted by molar-refractivity contribution is 0.311. The Hall–Kier alpha value is -1.65. The minimum Gasteiger partial charge on any atom is -0.270 e. The van der Waals surface area contributed by atoms with Crippen LogP contribution in [0.3, 0.4) is 0 Å². The number of rotatable bonds is 13. The Morgan fingerprint density at radius 3 is 2.04 bits per heavy atom. The second-order valence-corrected chi connectivity index (χ2v) is 8.76. The molecule has 0 bridgehead atoms. The van der Waals surface area contributed by atoms with Gasteiger partial charge in [0.2, 0.25) is 0 Å². The van der Waals surface area contributed by atoms with Gasteiger partial charge in [-0.3, -0.25) is 4.18 Å². The maximum Gasteiger partial charge on any atom is 0.267 e. The Balaban J connectivity index is 1.69. The largest absolute Gasteiger partial charge is 0.270 e. The Bertz CT molecular complexity index is 754. The summed E-state index contributed by atoms with van der Waals surface area (Å²) in [6, 6.07) is 18.4. The molecule has 2 rings (SSSR count). The first-order valence-corrected chi connectivity index (χ1v) is 11.7. The molecule has 0 aliphatic heterocycles. The molecule has 0 aromatic heterocycles. The third-order valence-corrected chi connectivity index (χ3v) is 6.04. The van der Waals surface area contributed by atoms with Gasteiger partial charge in [0.1, 0.15) is 0 Å². The van der Waals surface area contributed by atoms with E-state index in [2.05, 4.69) is 31.2 Å². The van der Waals surface area contributed by atoms with Crippen molar-refractivity contribution >= 4 is 10.1 Å². The van der Waals surface area contributed by atoms with Crippen LogP contribution in [-0.2, 0) is 33.6 Å². The van der Waals surface area contributed by atoms with Crippen molar-refractivity contribution in [2.24, 2.45) is 0 Å². The van der Waals surface area contributed by atoms with Crippen LogP contribution in [0.4, 0.5) is 0 Å². The fourth-order valence-corrected chi connectivity index (χ4v) is 4.20. The average molecular weight is 389 g/mol. The summed E-state index contributed by atoms with van der Waals surface area (Å²) in [5, 5.41) is 0. The highest BCUT2D eigenvalue weighted by Gasteiger charge is 2.11. The summed E-state index contributed by atoms with van der Waals surface area (Å²) in [6.45, 7) is 2.47. The van der Waals surface area contributed by atoms with Crippen LogP contribution in [0.15, 0.2) is 54.6 Å². The minimum absolute atomic E-state index is 0.0789. The van der Waals surface area contributed by atoms with E-state index in [1.807, 2.05) is 30.3 Å². The second-order valence-electron chi connectivity index (χ2n) is 7.00. The maximum absolute atomic E-state index is 12.1. The third kappa shape index (κ3) is 8.72. The van der Waals surface area contributed by atoms with Crippen molar-refractivity contribution in [2.75, 3.05) is 12.4 Å². The van der Waals surface area contributed by atoms with Crippen molar-refractivity contribution in [3.8, 4) is 0 Å². The smallest absolute Gasteiger partial charge is 0.267 e. The molecule has 3 nitrogen and oxygen atoms in total. The van der Waals surface area contributed by atoms with Gasteiger partial charge in [0, 0.05) is 0 Å². The highest BCUT2D eigenvalue weighted by atomic mass is 32.2. The van der Waals surface area contributed by atoms with E-state index in [-0.39, 0.29) is 12.4 Å². The van der Waals surface area contributed by atoms with Crippen LogP contribution < -0.4 is 0 Å². The molecule has 0 spiro atoms. The van der Waals surface area contributed by atoms with Gasteiger partial charge in [-0.15, -0.1) is 0 Å². The molecule has 2 aromatic carbocycles. The minimum atomic E-state index is -3.43. The van der Waals surface area contributed by atoms with Crippen LogP contribution in [0, 0.1) is 0 Å². The Morgan fingerprint density at radius 2 is 1.37 bits per heavy atom. The van der Waals surface area contributed by atoms with Gasteiger partial charge in [0.15, 0.2) is 0 Å². The molecule has 0 amide bonds. The van der Waals surface area contributed by atoms with Gasteiger partial charge in [0.25, 0.3) is 10.1 Å². The van der Waals surface area contributed by atoms with Crippen LogP contribution >= 0.6 is 0 Å². The zero-order valence-corrected chi connectivity index (χ0v) is 17.2. The zero-order valence-electron chi connectivity index (χ0n) is 16.4. The SMILES string of the molecule is CCCCCc1ccccc1CCCOS(=O)(=O)CCCc1ccccc1. The number of aryl methyl sites for hydroxylation is 3. The fraction of sp³-hybridized carbons (Fsp3) is 0.478. The molecular formula is C23H32O3S. The molecule has 4 heteroatoms. The fourth-order valence-electron chi connectivity index (χ4n) is 3.22. The summed E-state index contributed by atoms with van der Waals surface area (Å²) in [5.41, 5.74) is 3.86. The highest BCUT2D eigenvalue weighted by molar-refractivity contribution is 7.86. The molecule has 0 unspecified atom stereocenters. The molecule has 0 fully saturated rings. The van der Waals surface area contributed by atoms with Crippen LogP contribution in [0.2, 0.25) is 0 Å². The van der Waals surface area contributed by atoms with Crippen molar-refractivity contribution in [1.29, 1.82) is 0 Å². The number of hydrogen-bond donors (Lipinski definition) is 0. The quantitative estimate of drug-likeness (QED) is 0.344. The van der Waals surface area contributed by atoms with Crippen LogP contribution in [0.1, 0.15) is 55.7 Å².